The number of esters is 1. The van der Waals surface area contributed by atoms with Crippen molar-refractivity contribution in [3.63, 3.8) is 0 Å². The minimum atomic E-state index is -0.469. The fourth-order valence-corrected chi connectivity index (χ4v) is 2.01. The first-order valence-corrected chi connectivity index (χ1v) is 6.58. The van der Waals surface area contributed by atoms with Crippen molar-refractivity contribution in [1.29, 1.82) is 0 Å². The van der Waals surface area contributed by atoms with Crippen LogP contribution in [0, 0.1) is 0 Å². The van der Waals surface area contributed by atoms with Crippen LogP contribution in [0.1, 0.15) is 42.3 Å². The highest BCUT2D eigenvalue weighted by Crippen LogP contribution is 2.10. The largest absolute Gasteiger partial charge is 0.464 e. The molecular weight excluding hydrogens is 260 g/mol. The molecule has 0 saturated carbocycles. The van der Waals surface area contributed by atoms with Crippen LogP contribution in [-0.4, -0.2) is 42.8 Å². The lowest BCUT2D eigenvalue weighted by Gasteiger charge is -2.07. The summed E-state index contributed by atoms with van der Waals surface area (Å²) < 4.78 is 8.20. The average molecular weight is 278 g/mol. The third-order valence-corrected chi connectivity index (χ3v) is 2.97. The summed E-state index contributed by atoms with van der Waals surface area (Å²) in [6, 6.07) is 0. The standard InChI is InChI=1S/C12H18N6O2/c1-4-6-17-10(13-8-14-17)7-18-9(5-2)11(15-16-18)12(19)20-3/h8H,4-7H2,1-3H3. The minimum Gasteiger partial charge on any atom is -0.464 e. The van der Waals surface area contributed by atoms with Gasteiger partial charge in [0.15, 0.2) is 5.69 Å². The molecule has 2 heterocycles. The van der Waals surface area contributed by atoms with E-state index in [4.69, 9.17) is 4.74 Å². The van der Waals surface area contributed by atoms with Gasteiger partial charge in [-0.3, -0.25) is 0 Å². The molecular formula is C12H18N6O2. The maximum absolute atomic E-state index is 11.6. The van der Waals surface area contributed by atoms with Crippen LogP contribution >= 0.6 is 0 Å². The Morgan fingerprint density at radius 2 is 2.15 bits per heavy atom. The molecule has 0 aliphatic rings. The zero-order valence-electron chi connectivity index (χ0n) is 11.9. The van der Waals surface area contributed by atoms with Gasteiger partial charge in [0, 0.05) is 6.54 Å². The van der Waals surface area contributed by atoms with Crippen molar-refractivity contribution in [2.75, 3.05) is 7.11 Å². The van der Waals surface area contributed by atoms with E-state index in [-0.39, 0.29) is 5.69 Å². The fourth-order valence-electron chi connectivity index (χ4n) is 2.01. The number of aryl methyl sites for hydroxylation is 1. The molecule has 0 radical (unpaired) electrons. The summed E-state index contributed by atoms with van der Waals surface area (Å²) in [7, 11) is 1.33. The van der Waals surface area contributed by atoms with Gasteiger partial charge in [-0.05, 0) is 12.8 Å². The lowest BCUT2D eigenvalue weighted by atomic mass is 10.2. The van der Waals surface area contributed by atoms with Crippen molar-refractivity contribution in [3.05, 3.63) is 23.5 Å². The Morgan fingerprint density at radius 1 is 1.35 bits per heavy atom. The normalized spacial score (nSPS) is 10.8. The van der Waals surface area contributed by atoms with E-state index in [1.54, 1.807) is 4.68 Å². The lowest BCUT2D eigenvalue weighted by Crippen LogP contribution is -2.14. The van der Waals surface area contributed by atoms with Crippen LogP contribution in [0.4, 0.5) is 0 Å². The summed E-state index contributed by atoms with van der Waals surface area (Å²) in [5.74, 6) is 0.325. The maximum Gasteiger partial charge on any atom is 0.360 e. The Kier molecular flexibility index (Phi) is 4.44. The van der Waals surface area contributed by atoms with Gasteiger partial charge in [0.05, 0.1) is 12.8 Å². The minimum absolute atomic E-state index is 0.261. The summed E-state index contributed by atoms with van der Waals surface area (Å²) in [5, 5.41) is 12.1. The van der Waals surface area contributed by atoms with Gasteiger partial charge in [0.2, 0.25) is 0 Å². The summed E-state index contributed by atoms with van der Waals surface area (Å²) in [6.45, 7) is 5.26. The molecule has 0 amide bonds. The van der Waals surface area contributed by atoms with Crippen molar-refractivity contribution in [2.24, 2.45) is 0 Å². The second kappa shape index (κ2) is 6.27. The fraction of sp³-hybridized carbons (Fsp3) is 0.583. The highest BCUT2D eigenvalue weighted by molar-refractivity contribution is 5.88. The van der Waals surface area contributed by atoms with E-state index >= 15 is 0 Å². The van der Waals surface area contributed by atoms with Crippen molar-refractivity contribution < 1.29 is 9.53 Å². The summed E-state index contributed by atoms with van der Waals surface area (Å²) in [5.41, 5.74) is 0.999. The molecule has 0 unspecified atom stereocenters. The highest BCUT2D eigenvalue weighted by Gasteiger charge is 2.19. The number of methoxy groups -OCH3 is 1. The highest BCUT2D eigenvalue weighted by atomic mass is 16.5. The van der Waals surface area contributed by atoms with Gasteiger partial charge in [-0.2, -0.15) is 5.10 Å². The second-order valence-electron chi connectivity index (χ2n) is 4.29. The molecule has 108 valence electrons. The monoisotopic (exact) mass is 278 g/mol. The van der Waals surface area contributed by atoms with Gasteiger partial charge in [0.25, 0.3) is 0 Å². The van der Waals surface area contributed by atoms with Crippen molar-refractivity contribution in [3.8, 4) is 0 Å². The van der Waals surface area contributed by atoms with Crippen LogP contribution in [0.2, 0.25) is 0 Å². The smallest absolute Gasteiger partial charge is 0.360 e. The van der Waals surface area contributed by atoms with E-state index in [0.29, 0.717) is 13.0 Å². The van der Waals surface area contributed by atoms with Crippen LogP contribution < -0.4 is 0 Å². The van der Waals surface area contributed by atoms with Crippen LogP contribution in [0.5, 0.6) is 0 Å². The van der Waals surface area contributed by atoms with E-state index < -0.39 is 5.97 Å². The third-order valence-electron chi connectivity index (χ3n) is 2.97. The van der Waals surface area contributed by atoms with E-state index in [9.17, 15) is 4.79 Å². The predicted octanol–water partition coefficient (Wildman–Crippen LogP) is 0.677. The Bertz CT molecular complexity index is 589. The molecule has 0 aliphatic carbocycles. The summed E-state index contributed by atoms with van der Waals surface area (Å²) in [4.78, 5) is 15.8. The van der Waals surface area contributed by atoms with Crippen LogP contribution in [0.15, 0.2) is 6.33 Å². The maximum atomic E-state index is 11.6. The number of ether oxygens (including phenoxy) is 1. The molecule has 0 N–H and O–H groups in total. The molecule has 0 bridgehead atoms. The molecule has 0 aliphatic heterocycles. The second-order valence-corrected chi connectivity index (χ2v) is 4.29. The number of nitrogens with zero attached hydrogens (tertiary/aromatic N) is 6. The number of hydrogen-bond donors (Lipinski definition) is 0. The van der Waals surface area contributed by atoms with Gasteiger partial charge in [-0.1, -0.05) is 19.1 Å². The molecule has 0 atom stereocenters. The van der Waals surface area contributed by atoms with Crippen molar-refractivity contribution in [2.45, 2.75) is 39.8 Å². The van der Waals surface area contributed by atoms with Crippen molar-refractivity contribution in [1.82, 2.24) is 29.8 Å². The van der Waals surface area contributed by atoms with E-state index in [1.807, 2.05) is 11.6 Å². The van der Waals surface area contributed by atoms with Gasteiger partial charge in [-0.15, -0.1) is 5.10 Å². The number of aromatic nitrogens is 6. The predicted molar refractivity (Wildman–Crippen MR) is 70.2 cm³/mol. The summed E-state index contributed by atoms with van der Waals surface area (Å²) >= 11 is 0. The van der Waals surface area contributed by atoms with Crippen LogP contribution in [-0.2, 0) is 24.2 Å². The topological polar surface area (TPSA) is 87.7 Å². The number of carbonyl (C=O) groups is 1. The molecule has 0 spiro atoms. The number of rotatable bonds is 6. The van der Waals surface area contributed by atoms with Gasteiger partial charge >= 0.3 is 5.97 Å². The quantitative estimate of drug-likeness (QED) is 0.722. The molecule has 8 nitrogen and oxygen atoms in total. The first-order valence-electron chi connectivity index (χ1n) is 6.58. The first-order chi connectivity index (χ1) is 9.71. The number of carbonyl (C=O) groups excluding carboxylic acids is 1. The molecule has 2 aromatic heterocycles. The Labute approximate surface area is 116 Å². The van der Waals surface area contributed by atoms with Crippen LogP contribution in [0.25, 0.3) is 0 Å². The zero-order valence-corrected chi connectivity index (χ0v) is 11.9. The van der Waals surface area contributed by atoms with E-state index in [0.717, 1.165) is 24.5 Å². The molecule has 2 aromatic rings. The van der Waals surface area contributed by atoms with E-state index in [1.165, 1.54) is 13.4 Å². The van der Waals surface area contributed by atoms with Gasteiger partial charge in [-0.25, -0.2) is 19.1 Å². The molecule has 0 fully saturated rings. The lowest BCUT2D eigenvalue weighted by molar-refractivity contribution is 0.0592. The SMILES string of the molecule is CCCn1ncnc1Cn1nnc(C(=O)OC)c1CC. The van der Waals surface area contributed by atoms with E-state index in [2.05, 4.69) is 27.3 Å². The Hall–Kier alpha value is -2.25. The third kappa shape index (κ3) is 2.68. The van der Waals surface area contributed by atoms with Crippen LogP contribution in [0.3, 0.4) is 0 Å². The zero-order chi connectivity index (χ0) is 14.5. The molecule has 8 heteroatoms. The van der Waals surface area contributed by atoms with Gasteiger partial charge < -0.3 is 4.74 Å². The summed E-state index contributed by atoms with van der Waals surface area (Å²) in [6.07, 6.45) is 3.13. The molecule has 20 heavy (non-hydrogen) atoms. The number of hydrogen-bond acceptors (Lipinski definition) is 6. The van der Waals surface area contributed by atoms with Crippen molar-refractivity contribution >= 4 is 5.97 Å². The van der Waals surface area contributed by atoms with Gasteiger partial charge in [0.1, 0.15) is 18.7 Å². The molecule has 2 rings (SSSR count). The average Bonchev–Trinajstić information content (AvgIpc) is 3.06. The molecule has 0 saturated heterocycles. The first kappa shape index (κ1) is 14.2. The molecule has 0 aromatic carbocycles. The Balaban J connectivity index is 2.27. The Morgan fingerprint density at radius 3 is 2.80 bits per heavy atom.